The average molecular weight is 300 g/mol. The predicted molar refractivity (Wildman–Crippen MR) is 81.4 cm³/mol. The van der Waals surface area contributed by atoms with E-state index in [1.807, 2.05) is 6.07 Å². The Kier molecular flexibility index (Phi) is 3.55. The van der Waals surface area contributed by atoms with Gasteiger partial charge in [-0.1, -0.05) is 30.3 Å². The summed E-state index contributed by atoms with van der Waals surface area (Å²) in [5, 5.41) is 12.7. The molecular weight excluding hydrogens is 288 g/mol. The molecule has 0 saturated carbocycles. The number of aliphatic hydroxyl groups is 1. The van der Waals surface area contributed by atoms with Crippen LogP contribution >= 0.6 is 12.2 Å². The maximum atomic E-state index is 12.0. The van der Waals surface area contributed by atoms with Gasteiger partial charge in [-0.25, -0.2) is 0 Å². The Morgan fingerprint density at radius 1 is 1.24 bits per heavy atom. The Balaban J connectivity index is 1.81. The van der Waals surface area contributed by atoms with Crippen LogP contribution in [0.1, 0.15) is 11.7 Å². The van der Waals surface area contributed by atoms with E-state index in [0.717, 1.165) is 5.52 Å². The van der Waals surface area contributed by atoms with Gasteiger partial charge in [0.25, 0.3) is 10.7 Å². The van der Waals surface area contributed by atoms with Crippen LogP contribution < -0.4 is 5.32 Å². The van der Waals surface area contributed by atoms with Crippen molar-refractivity contribution in [2.75, 3.05) is 5.32 Å². The number of carbonyl (C=O) groups excluding carboxylic acids is 1. The van der Waals surface area contributed by atoms with Gasteiger partial charge >= 0.3 is 0 Å². The smallest absolute Gasteiger partial charge is 0.266 e. The van der Waals surface area contributed by atoms with Gasteiger partial charge < -0.3 is 19.8 Å². The normalized spacial score (nSPS) is 12.2. The molecule has 1 amide bonds. The second-order valence-electron chi connectivity index (χ2n) is 4.53. The molecule has 0 aliphatic carbocycles. The molecule has 3 N–H and O–H groups in total. The number of aromatic nitrogens is 1. The van der Waals surface area contributed by atoms with Crippen LogP contribution in [0.2, 0.25) is 0 Å². The van der Waals surface area contributed by atoms with E-state index >= 15 is 0 Å². The molecular formula is C15H12N2O3S. The number of rotatable bonds is 3. The van der Waals surface area contributed by atoms with Crippen LogP contribution in [0.25, 0.3) is 11.1 Å². The lowest BCUT2D eigenvalue weighted by atomic mass is 10.1. The largest absolute Gasteiger partial charge is 0.429 e. The number of aromatic amines is 1. The number of hydrogen-bond acceptors (Lipinski definition) is 4. The maximum absolute atomic E-state index is 12.0. The van der Waals surface area contributed by atoms with Gasteiger partial charge in [0.2, 0.25) is 0 Å². The van der Waals surface area contributed by atoms with Gasteiger partial charge in [-0.15, -0.1) is 0 Å². The maximum Gasteiger partial charge on any atom is 0.266 e. The van der Waals surface area contributed by atoms with Gasteiger partial charge in [0.15, 0.2) is 11.7 Å². The van der Waals surface area contributed by atoms with E-state index in [1.54, 1.807) is 42.5 Å². The molecule has 0 radical (unpaired) electrons. The number of anilines is 1. The molecule has 0 saturated heterocycles. The molecule has 0 fully saturated rings. The summed E-state index contributed by atoms with van der Waals surface area (Å²) in [6.45, 7) is 0. The van der Waals surface area contributed by atoms with Crippen LogP contribution in [0.3, 0.4) is 0 Å². The van der Waals surface area contributed by atoms with Gasteiger partial charge in [-0.3, -0.25) is 4.79 Å². The summed E-state index contributed by atoms with van der Waals surface area (Å²) >= 11 is 4.90. The van der Waals surface area contributed by atoms with E-state index in [4.69, 9.17) is 16.6 Å². The van der Waals surface area contributed by atoms with Crippen molar-refractivity contribution in [3.05, 3.63) is 58.9 Å². The molecule has 1 aromatic heterocycles. The van der Waals surface area contributed by atoms with Crippen LogP contribution in [0, 0.1) is 4.84 Å². The third-order valence-electron chi connectivity index (χ3n) is 3.05. The zero-order valence-corrected chi connectivity index (χ0v) is 11.7. The van der Waals surface area contributed by atoms with E-state index in [0.29, 0.717) is 16.8 Å². The van der Waals surface area contributed by atoms with E-state index in [2.05, 4.69) is 10.3 Å². The molecule has 0 aliphatic rings. The van der Waals surface area contributed by atoms with E-state index < -0.39 is 12.0 Å². The first kappa shape index (κ1) is 13.5. The van der Waals surface area contributed by atoms with Crippen molar-refractivity contribution < 1.29 is 14.3 Å². The number of H-pyrrole nitrogens is 1. The SMILES string of the molecule is O=C(Nc1ccc2[nH]c(=S)oc2c1)C(O)c1ccccc1. The monoisotopic (exact) mass is 300 g/mol. The summed E-state index contributed by atoms with van der Waals surface area (Å²) in [5.41, 5.74) is 2.36. The van der Waals surface area contributed by atoms with Crippen molar-refractivity contribution in [1.82, 2.24) is 4.98 Å². The fourth-order valence-corrected chi connectivity index (χ4v) is 2.22. The lowest BCUT2D eigenvalue weighted by Gasteiger charge is -2.11. The molecule has 0 bridgehead atoms. The number of carbonyl (C=O) groups is 1. The Morgan fingerprint density at radius 3 is 2.76 bits per heavy atom. The Hall–Kier alpha value is -2.44. The van der Waals surface area contributed by atoms with Crippen molar-refractivity contribution in [2.24, 2.45) is 0 Å². The third-order valence-corrected chi connectivity index (χ3v) is 3.24. The van der Waals surface area contributed by atoms with Crippen molar-refractivity contribution in [3.63, 3.8) is 0 Å². The summed E-state index contributed by atoms with van der Waals surface area (Å²) in [7, 11) is 0. The first-order valence-electron chi connectivity index (χ1n) is 6.30. The van der Waals surface area contributed by atoms with Crippen molar-refractivity contribution in [3.8, 4) is 0 Å². The van der Waals surface area contributed by atoms with Crippen LogP contribution in [-0.4, -0.2) is 16.0 Å². The summed E-state index contributed by atoms with van der Waals surface area (Å²) < 4.78 is 5.28. The molecule has 1 atom stereocenters. The zero-order valence-electron chi connectivity index (χ0n) is 10.9. The molecule has 5 nitrogen and oxygen atoms in total. The lowest BCUT2D eigenvalue weighted by molar-refractivity contribution is -0.124. The number of oxazole rings is 1. The number of hydrogen-bond donors (Lipinski definition) is 3. The van der Waals surface area contributed by atoms with Crippen molar-refractivity contribution >= 4 is 34.9 Å². The summed E-state index contributed by atoms with van der Waals surface area (Å²) in [6, 6.07) is 13.8. The fourth-order valence-electron chi connectivity index (χ4n) is 2.02. The van der Waals surface area contributed by atoms with Crippen molar-refractivity contribution in [1.29, 1.82) is 0 Å². The summed E-state index contributed by atoms with van der Waals surface area (Å²) in [4.78, 5) is 15.2. The first-order chi connectivity index (χ1) is 10.1. The second-order valence-corrected chi connectivity index (χ2v) is 4.90. The van der Waals surface area contributed by atoms with Gasteiger partial charge in [0, 0.05) is 11.8 Å². The minimum atomic E-state index is -1.22. The van der Waals surface area contributed by atoms with Gasteiger partial charge in [0.05, 0.1) is 5.52 Å². The van der Waals surface area contributed by atoms with Gasteiger partial charge in [0.1, 0.15) is 0 Å². The minimum absolute atomic E-state index is 0.276. The quantitative estimate of drug-likeness (QED) is 0.649. The highest BCUT2D eigenvalue weighted by Crippen LogP contribution is 2.20. The zero-order chi connectivity index (χ0) is 14.8. The summed E-state index contributed by atoms with van der Waals surface area (Å²) in [5.74, 6) is -0.505. The predicted octanol–water partition coefficient (Wildman–Crippen LogP) is 3.16. The number of benzene rings is 2. The minimum Gasteiger partial charge on any atom is -0.429 e. The molecule has 1 unspecified atom stereocenters. The molecule has 106 valence electrons. The van der Waals surface area contributed by atoms with Crippen LogP contribution in [0.4, 0.5) is 5.69 Å². The van der Waals surface area contributed by atoms with Crippen LogP contribution in [0.15, 0.2) is 52.9 Å². The van der Waals surface area contributed by atoms with E-state index in [1.165, 1.54) is 0 Å². The molecule has 1 heterocycles. The first-order valence-corrected chi connectivity index (χ1v) is 6.71. The van der Waals surface area contributed by atoms with Crippen LogP contribution in [0.5, 0.6) is 0 Å². The van der Waals surface area contributed by atoms with E-state index in [9.17, 15) is 9.90 Å². The highest BCUT2D eigenvalue weighted by atomic mass is 32.1. The average Bonchev–Trinajstić information content (AvgIpc) is 2.86. The molecule has 3 rings (SSSR count). The number of aliphatic hydroxyl groups excluding tert-OH is 1. The molecule has 3 aromatic rings. The van der Waals surface area contributed by atoms with Gasteiger partial charge in [-0.2, -0.15) is 0 Å². The number of amides is 1. The molecule has 6 heteroatoms. The highest BCUT2D eigenvalue weighted by Gasteiger charge is 2.17. The Bertz CT molecular complexity index is 839. The van der Waals surface area contributed by atoms with Crippen molar-refractivity contribution in [2.45, 2.75) is 6.10 Å². The lowest BCUT2D eigenvalue weighted by Crippen LogP contribution is -2.20. The highest BCUT2D eigenvalue weighted by molar-refractivity contribution is 7.71. The topological polar surface area (TPSA) is 78.3 Å². The fraction of sp³-hybridized carbons (Fsp3) is 0.0667. The number of fused-ring (bicyclic) bond motifs is 1. The Morgan fingerprint density at radius 2 is 2.00 bits per heavy atom. The Labute approximate surface area is 125 Å². The second kappa shape index (κ2) is 5.51. The molecule has 21 heavy (non-hydrogen) atoms. The number of nitrogens with one attached hydrogen (secondary N) is 2. The molecule has 0 spiro atoms. The third kappa shape index (κ3) is 2.86. The van der Waals surface area contributed by atoms with Crippen LogP contribution in [-0.2, 0) is 4.79 Å². The standard InChI is InChI=1S/C15H12N2O3S/c18-13(9-4-2-1-3-5-9)14(19)16-10-6-7-11-12(8-10)20-15(21)17-11/h1-8,13,18H,(H,16,19)(H,17,21). The van der Waals surface area contributed by atoms with E-state index in [-0.39, 0.29) is 4.84 Å². The molecule has 0 aliphatic heterocycles. The molecule has 2 aromatic carbocycles. The van der Waals surface area contributed by atoms with Gasteiger partial charge in [-0.05, 0) is 29.9 Å². The summed E-state index contributed by atoms with van der Waals surface area (Å²) in [6.07, 6.45) is -1.22.